The third-order valence-corrected chi connectivity index (χ3v) is 6.64. The van der Waals surface area contributed by atoms with Crippen LogP contribution in [0.1, 0.15) is 31.9 Å². The summed E-state index contributed by atoms with van der Waals surface area (Å²) in [6.07, 6.45) is 0. The number of nitrogens with one attached hydrogen (secondary N) is 2. The van der Waals surface area contributed by atoms with Gasteiger partial charge >= 0.3 is 0 Å². The molecule has 0 saturated heterocycles. The quantitative estimate of drug-likeness (QED) is 0.375. The van der Waals surface area contributed by atoms with Crippen LogP contribution in [-0.2, 0) is 21.1 Å². The van der Waals surface area contributed by atoms with Crippen molar-refractivity contribution in [3.05, 3.63) is 29.3 Å². The highest BCUT2D eigenvalue weighted by Gasteiger charge is 2.28. The molecule has 0 aromatic heterocycles. The molecule has 0 aliphatic rings. The van der Waals surface area contributed by atoms with E-state index in [1.54, 1.807) is 34.9 Å². The molecule has 0 saturated carbocycles. The van der Waals surface area contributed by atoms with Crippen LogP contribution in [0.2, 0.25) is 0 Å². The summed E-state index contributed by atoms with van der Waals surface area (Å²) in [5.74, 6) is 1.39. The summed E-state index contributed by atoms with van der Waals surface area (Å²) < 4.78 is 34.4. The fourth-order valence-corrected chi connectivity index (χ4v) is 3.17. The number of hydrogen-bond acceptors (Lipinski definition) is 5. The molecule has 1 aromatic carbocycles. The van der Waals surface area contributed by atoms with Crippen molar-refractivity contribution < 1.29 is 17.9 Å². The lowest BCUT2D eigenvalue weighted by Crippen LogP contribution is -2.41. The highest BCUT2D eigenvalue weighted by Crippen LogP contribution is 2.20. The Morgan fingerprint density at radius 3 is 2.48 bits per heavy atom. The zero-order valence-corrected chi connectivity index (χ0v) is 18.1. The molecule has 0 fully saturated rings. The topological polar surface area (TPSA) is 89.0 Å². The Morgan fingerprint density at radius 1 is 1.19 bits per heavy atom. The normalized spacial score (nSPS) is 12.7. The molecule has 0 aliphatic heterocycles. The second kappa shape index (κ2) is 10.5. The van der Waals surface area contributed by atoms with E-state index in [1.165, 1.54) is 0 Å². The van der Waals surface area contributed by atoms with Gasteiger partial charge in [-0.05, 0) is 39.3 Å². The van der Waals surface area contributed by atoms with Gasteiger partial charge in [0, 0.05) is 32.8 Å². The van der Waals surface area contributed by atoms with Crippen molar-refractivity contribution in [3.63, 3.8) is 0 Å². The van der Waals surface area contributed by atoms with Crippen molar-refractivity contribution >= 4 is 15.8 Å². The van der Waals surface area contributed by atoms with Crippen LogP contribution < -0.4 is 15.4 Å². The predicted molar refractivity (Wildman–Crippen MR) is 110 cm³/mol. The van der Waals surface area contributed by atoms with Gasteiger partial charge in [0.15, 0.2) is 15.8 Å². The molecular formula is C19H33N3O4S. The Balaban J connectivity index is 2.62. The van der Waals surface area contributed by atoms with E-state index in [-0.39, 0.29) is 5.75 Å². The number of nitrogens with zero attached hydrogens (tertiary/aromatic N) is 1. The molecule has 0 unspecified atom stereocenters. The largest absolute Gasteiger partial charge is 0.491 e. The van der Waals surface area contributed by atoms with Crippen LogP contribution in [0.25, 0.3) is 0 Å². The molecule has 1 aromatic rings. The summed E-state index contributed by atoms with van der Waals surface area (Å²) >= 11 is 0. The van der Waals surface area contributed by atoms with Gasteiger partial charge in [0.25, 0.3) is 0 Å². The number of rotatable bonds is 9. The number of guanidine groups is 1. The van der Waals surface area contributed by atoms with Crippen molar-refractivity contribution in [3.8, 4) is 5.75 Å². The van der Waals surface area contributed by atoms with Gasteiger partial charge < -0.3 is 20.1 Å². The molecule has 27 heavy (non-hydrogen) atoms. The smallest absolute Gasteiger partial charge is 0.191 e. The van der Waals surface area contributed by atoms with Crippen LogP contribution in [0.15, 0.2) is 23.2 Å². The minimum absolute atomic E-state index is 0.0487. The third-order valence-electron chi connectivity index (χ3n) is 4.03. The molecule has 0 aliphatic carbocycles. The summed E-state index contributed by atoms with van der Waals surface area (Å²) in [7, 11) is 0.118. The zero-order valence-electron chi connectivity index (χ0n) is 17.3. The molecule has 154 valence electrons. The minimum atomic E-state index is -3.17. The summed E-state index contributed by atoms with van der Waals surface area (Å²) in [5, 5.41) is 6.24. The fourth-order valence-electron chi connectivity index (χ4n) is 2.19. The van der Waals surface area contributed by atoms with Gasteiger partial charge in [-0.1, -0.05) is 12.1 Å². The minimum Gasteiger partial charge on any atom is -0.491 e. The van der Waals surface area contributed by atoms with Crippen molar-refractivity contribution in [1.82, 2.24) is 10.6 Å². The van der Waals surface area contributed by atoms with Gasteiger partial charge in [-0.2, -0.15) is 0 Å². The van der Waals surface area contributed by atoms with E-state index in [4.69, 9.17) is 9.47 Å². The summed E-state index contributed by atoms with van der Waals surface area (Å²) in [6.45, 7) is 8.93. The monoisotopic (exact) mass is 399 g/mol. The Morgan fingerprint density at radius 2 is 1.89 bits per heavy atom. The van der Waals surface area contributed by atoms with Gasteiger partial charge in [-0.25, -0.2) is 8.42 Å². The first-order chi connectivity index (χ1) is 12.6. The maximum absolute atomic E-state index is 12.2. The van der Waals surface area contributed by atoms with E-state index in [0.29, 0.717) is 32.3 Å². The lowest BCUT2D eigenvalue weighted by molar-refractivity contribution is 0.145. The summed E-state index contributed by atoms with van der Waals surface area (Å²) in [4.78, 5) is 4.15. The third kappa shape index (κ3) is 7.76. The lowest BCUT2D eigenvalue weighted by atomic mass is 10.1. The number of hydrogen-bond donors (Lipinski definition) is 2. The molecule has 0 amide bonds. The Kier molecular flexibility index (Phi) is 9.05. The maximum atomic E-state index is 12.2. The van der Waals surface area contributed by atoms with E-state index < -0.39 is 14.6 Å². The van der Waals surface area contributed by atoms with Gasteiger partial charge in [0.2, 0.25) is 0 Å². The van der Waals surface area contributed by atoms with Crippen LogP contribution in [0, 0.1) is 6.92 Å². The second-order valence-corrected chi connectivity index (χ2v) is 10.1. The first-order valence-corrected chi connectivity index (χ1v) is 10.6. The standard InChI is InChI=1S/C19H33N3O4S/c1-15-7-8-16(17(13-15)26-11-10-25-6)14-22-18(20-5)21-9-12-27(23,24)19(2,3)4/h7-8,13H,9-12,14H2,1-6H3,(H2,20,21,22). The van der Waals surface area contributed by atoms with Crippen LogP contribution in [-0.4, -0.2) is 58.8 Å². The molecule has 7 nitrogen and oxygen atoms in total. The molecule has 0 atom stereocenters. The predicted octanol–water partition coefficient (Wildman–Crippen LogP) is 1.90. The number of aryl methyl sites for hydroxylation is 1. The van der Waals surface area contributed by atoms with E-state index >= 15 is 0 Å². The van der Waals surface area contributed by atoms with Crippen LogP contribution in [0.4, 0.5) is 0 Å². The molecule has 0 radical (unpaired) electrons. The van der Waals surface area contributed by atoms with Crippen LogP contribution >= 0.6 is 0 Å². The molecule has 0 heterocycles. The van der Waals surface area contributed by atoms with Crippen LogP contribution in [0.5, 0.6) is 5.75 Å². The van der Waals surface area contributed by atoms with Crippen molar-refractivity contribution in [2.45, 2.75) is 39.0 Å². The zero-order chi connectivity index (χ0) is 20.5. The number of aliphatic imine (C=N–C) groups is 1. The SMILES string of the molecule is CN=C(NCCS(=O)(=O)C(C)(C)C)NCc1ccc(C)cc1OCCOC. The number of benzene rings is 1. The fraction of sp³-hybridized carbons (Fsp3) is 0.632. The highest BCUT2D eigenvalue weighted by molar-refractivity contribution is 7.92. The molecule has 8 heteroatoms. The molecular weight excluding hydrogens is 366 g/mol. The Hall–Kier alpha value is -1.80. The lowest BCUT2D eigenvalue weighted by Gasteiger charge is -2.20. The Bertz CT molecular complexity index is 725. The molecule has 1 rings (SSSR count). The number of methoxy groups -OCH3 is 1. The first-order valence-electron chi connectivity index (χ1n) is 8.99. The molecule has 0 spiro atoms. The highest BCUT2D eigenvalue weighted by atomic mass is 32.2. The average Bonchev–Trinajstić information content (AvgIpc) is 2.58. The number of sulfone groups is 1. The second-order valence-electron chi connectivity index (χ2n) is 7.24. The van der Waals surface area contributed by atoms with Crippen LogP contribution in [0.3, 0.4) is 0 Å². The first kappa shape index (κ1) is 23.2. The Labute approximate surface area is 163 Å². The molecule has 0 bridgehead atoms. The van der Waals surface area contributed by atoms with E-state index in [9.17, 15) is 8.42 Å². The van der Waals surface area contributed by atoms with Gasteiger partial charge in [-0.3, -0.25) is 4.99 Å². The van der Waals surface area contributed by atoms with E-state index in [2.05, 4.69) is 15.6 Å². The number of ether oxygens (including phenoxy) is 2. The van der Waals surface area contributed by atoms with E-state index in [1.807, 2.05) is 25.1 Å². The van der Waals surface area contributed by atoms with Crippen molar-refractivity contribution in [1.29, 1.82) is 0 Å². The van der Waals surface area contributed by atoms with Gasteiger partial charge in [-0.15, -0.1) is 0 Å². The summed E-state index contributed by atoms with van der Waals surface area (Å²) in [6, 6.07) is 6.01. The summed E-state index contributed by atoms with van der Waals surface area (Å²) in [5.41, 5.74) is 2.10. The van der Waals surface area contributed by atoms with Gasteiger partial charge in [0.05, 0.1) is 17.1 Å². The molecule has 2 N–H and O–H groups in total. The van der Waals surface area contributed by atoms with E-state index in [0.717, 1.165) is 16.9 Å². The average molecular weight is 400 g/mol. The van der Waals surface area contributed by atoms with Crippen molar-refractivity contribution in [2.24, 2.45) is 4.99 Å². The maximum Gasteiger partial charge on any atom is 0.191 e. The van der Waals surface area contributed by atoms with Gasteiger partial charge in [0.1, 0.15) is 12.4 Å². The van der Waals surface area contributed by atoms with Crippen molar-refractivity contribution in [2.75, 3.05) is 39.7 Å².